The number of hydrogen-bond acceptors (Lipinski definition) is 4. The van der Waals surface area contributed by atoms with E-state index in [1.165, 1.54) is 0 Å². The highest BCUT2D eigenvalue weighted by atomic mass is 16.1. The van der Waals surface area contributed by atoms with Gasteiger partial charge >= 0.3 is 0 Å². The Morgan fingerprint density at radius 2 is 2.19 bits per heavy atom. The van der Waals surface area contributed by atoms with Gasteiger partial charge in [-0.1, -0.05) is 12.1 Å². The minimum Gasteiger partial charge on any atom is -0.381 e. The van der Waals surface area contributed by atoms with Crippen molar-refractivity contribution in [1.29, 1.82) is 5.26 Å². The lowest BCUT2D eigenvalue weighted by Crippen LogP contribution is -2.23. The second kappa shape index (κ2) is 7.06. The summed E-state index contributed by atoms with van der Waals surface area (Å²) in [6.07, 6.45) is 1.60. The minimum absolute atomic E-state index is 0.187. The summed E-state index contributed by atoms with van der Waals surface area (Å²) >= 11 is 0. The Hall–Kier alpha value is -2.87. The van der Waals surface area contributed by atoms with E-state index in [1.807, 2.05) is 25.1 Å². The van der Waals surface area contributed by atoms with E-state index < -0.39 is 0 Å². The third-order valence-electron chi connectivity index (χ3n) is 2.88. The molecule has 0 spiro atoms. The Bertz CT molecular complexity index is 676. The van der Waals surface area contributed by atoms with Crippen LogP contribution in [0.2, 0.25) is 0 Å². The fourth-order valence-corrected chi connectivity index (χ4v) is 1.87. The van der Waals surface area contributed by atoms with E-state index in [9.17, 15) is 4.79 Å². The van der Waals surface area contributed by atoms with E-state index in [0.29, 0.717) is 24.3 Å². The number of hydrogen-bond donors (Lipinski definition) is 2. The molecule has 0 saturated heterocycles. The van der Waals surface area contributed by atoms with Crippen LogP contribution in [-0.2, 0) is 6.54 Å². The Morgan fingerprint density at radius 1 is 1.33 bits per heavy atom. The van der Waals surface area contributed by atoms with Crippen LogP contribution < -0.4 is 10.6 Å². The summed E-state index contributed by atoms with van der Waals surface area (Å²) in [5.41, 5.74) is 2.83. The molecule has 0 aliphatic heterocycles. The number of anilines is 1. The zero-order valence-corrected chi connectivity index (χ0v) is 11.8. The van der Waals surface area contributed by atoms with Crippen molar-refractivity contribution < 1.29 is 4.79 Å². The Balaban J connectivity index is 2.04. The van der Waals surface area contributed by atoms with Crippen LogP contribution in [0, 0.1) is 11.3 Å². The van der Waals surface area contributed by atoms with Gasteiger partial charge in [0.25, 0.3) is 5.91 Å². The number of carbonyl (C=O) groups excluding carboxylic acids is 1. The second-order valence-electron chi connectivity index (χ2n) is 4.45. The lowest BCUT2D eigenvalue weighted by molar-refractivity contribution is 0.0951. The number of aromatic nitrogens is 1. The summed E-state index contributed by atoms with van der Waals surface area (Å²) in [4.78, 5) is 15.8. The molecule has 0 aliphatic rings. The van der Waals surface area contributed by atoms with E-state index >= 15 is 0 Å². The lowest BCUT2D eigenvalue weighted by atomic mass is 10.1. The number of nitrogens with one attached hydrogen (secondary N) is 2. The largest absolute Gasteiger partial charge is 0.381 e. The maximum Gasteiger partial charge on any atom is 0.269 e. The summed E-state index contributed by atoms with van der Waals surface area (Å²) in [5.74, 6) is -0.187. The molecule has 106 valence electrons. The highest BCUT2D eigenvalue weighted by Crippen LogP contribution is 2.11. The highest BCUT2D eigenvalue weighted by molar-refractivity contribution is 5.93. The number of rotatable bonds is 5. The summed E-state index contributed by atoms with van der Waals surface area (Å²) in [5, 5.41) is 14.8. The van der Waals surface area contributed by atoms with Gasteiger partial charge in [-0.05, 0) is 36.8 Å². The van der Waals surface area contributed by atoms with Crippen molar-refractivity contribution in [2.45, 2.75) is 13.5 Å². The molecule has 0 aliphatic carbocycles. The first-order chi connectivity index (χ1) is 10.2. The van der Waals surface area contributed by atoms with Gasteiger partial charge in [0.05, 0.1) is 11.6 Å². The number of pyridine rings is 1. The van der Waals surface area contributed by atoms with Crippen LogP contribution in [0.25, 0.3) is 0 Å². The number of amides is 1. The highest BCUT2D eigenvalue weighted by Gasteiger charge is 2.06. The zero-order chi connectivity index (χ0) is 15.1. The van der Waals surface area contributed by atoms with Crippen molar-refractivity contribution in [2.24, 2.45) is 0 Å². The molecule has 2 N–H and O–H groups in total. The van der Waals surface area contributed by atoms with Gasteiger partial charge in [-0.15, -0.1) is 0 Å². The second-order valence-corrected chi connectivity index (χ2v) is 4.45. The molecule has 0 bridgehead atoms. The first-order valence-electron chi connectivity index (χ1n) is 6.70. The third kappa shape index (κ3) is 4.05. The number of nitriles is 1. The van der Waals surface area contributed by atoms with Crippen molar-refractivity contribution in [2.75, 3.05) is 11.9 Å². The molecule has 1 aromatic heterocycles. The van der Waals surface area contributed by atoms with Crippen LogP contribution >= 0.6 is 0 Å². The predicted octanol–water partition coefficient (Wildman–Crippen LogP) is 2.32. The van der Waals surface area contributed by atoms with E-state index in [0.717, 1.165) is 11.3 Å². The van der Waals surface area contributed by atoms with Gasteiger partial charge in [0.1, 0.15) is 5.69 Å². The molecule has 2 rings (SSSR count). The molecule has 21 heavy (non-hydrogen) atoms. The zero-order valence-electron chi connectivity index (χ0n) is 11.8. The summed E-state index contributed by atoms with van der Waals surface area (Å²) in [7, 11) is 0. The number of benzene rings is 1. The van der Waals surface area contributed by atoms with Crippen molar-refractivity contribution in [3.8, 4) is 6.07 Å². The molecule has 0 saturated carbocycles. The molecule has 1 heterocycles. The van der Waals surface area contributed by atoms with E-state index in [1.54, 1.807) is 24.4 Å². The van der Waals surface area contributed by atoms with E-state index in [4.69, 9.17) is 5.26 Å². The quantitative estimate of drug-likeness (QED) is 0.881. The van der Waals surface area contributed by atoms with Crippen LogP contribution in [0.1, 0.15) is 28.5 Å². The predicted molar refractivity (Wildman–Crippen MR) is 80.7 cm³/mol. The minimum atomic E-state index is -0.187. The van der Waals surface area contributed by atoms with Gasteiger partial charge in [0.15, 0.2) is 0 Å². The molecule has 0 atom stereocenters. The third-order valence-corrected chi connectivity index (χ3v) is 2.88. The summed E-state index contributed by atoms with van der Waals surface area (Å²) in [6, 6.07) is 13.0. The average molecular weight is 280 g/mol. The van der Waals surface area contributed by atoms with Crippen LogP contribution in [0.4, 0.5) is 5.69 Å². The first kappa shape index (κ1) is 14.5. The van der Waals surface area contributed by atoms with Gasteiger partial charge in [-0.25, -0.2) is 0 Å². The molecular weight excluding hydrogens is 264 g/mol. The number of carbonyl (C=O) groups is 1. The van der Waals surface area contributed by atoms with E-state index in [-0.39, 0.29) is 5.91 Å². The number of nitrogens with zero attached hydrogens (tertiary/aromatic N) is 2. The van der Waals surface area contributed by atoms with Gasteiger partial charge in [0, 0.05) is 25.0 Å². The molecule has 5 heteroatoms. The Labute approximate surface area is 123 Å². The monoisotopic (exact) mass is 280 g/mol. The molecule has 0 unspecified atom stereocenters. The standard InChI is InChI=1S/C16H16N4O/c1-2-18-16(21)15-9-14(6-7-19-15)20-11-13-5-3-4-12(8-13)10-17/h3-9H,2,11H2,1H3,(H,18,21)(H,19,20). The van der Waals surface area contributed by atoms with Gasteiger partial charge in [0.2, 0.25) is 0 Å². The molecule has 5 nitrogen and oxygen atoms in total. The first-order valence-corrected chi connectivity index (χ1v) is 6.70. The van der Waals surface area contributed by atoms with Gasteiger partial charge < -0.3 is 10.6 Å². The van der Waals surface area contributed by atoms with Gasteiger partial charge in [-0.3, -0.25) is 9.78 Å². The fraction of sp³-hybridized carbons (Fsp3) is 0.188. The Kier molecular flexibility index (Phi) is 4.89. The van der Waals surface area contributed by atoms with Crippen molar-refractivity contribution in [3.05, 3.63) is 59.4 Å². The molecular formula is C16H16N4O. The average Bonchev–Trinajstić information content (AvgIpc) is 2.53. The van der Waals surface area contributed by atoms with Gasteiger partial charge in [-0.2, -0.15) is 5.26 Å². The SMILES string of the molecule is CCNC(=O)c1cc(NCc2cccc(C#N)c2)ccn1. The van der Waals surface area contributed by atoms with Crippen LogP contribution in [0.3, 0.4) is 0 Å². The normalized spacial score (nSPS) is 9.71. The molecule has 0 fully saturated rings. The van der Waals surface area contributed by atoms with Crippen LogP contribution in [0.5, 0.6) is 0 Å². The van der Waals surface area contributed by atoms with E-state index in [2.05, 4.69) is 21.7 Å². The molecule has 1 amide bonds. The molecule has 0 radical (unpaired) electrons. The van der Waals surface area contributed by atoms with Crippen LogP contribution in [0.15, 0.2) is 42.6 Å². The van der Waals surface area contributed by atoms with Crippen molar-refractivity contribution >= 4 is 11.6 Å². The molecule has 2 aromatic rings. The fourth-order valence-electron chi connectivity index (χ4n) is 1.87. The smallest absolute Gasteiger partial charge is 0.269 e. The topological polar surface area (TPSA) is 77.8 Å². The Morgan fingerprint density at radius 3 is 2.95 bits per heavy atom. The van der Waals surface area contributed by atoms with Crippen molar-refractivity contribution in [1.82, 2.24) is 10.3 Å². The maximum atomic E-state index is 11.7. The molecule has 1 aromatic carbocycles. The summed E-state index contributed by atoms with van der Waals surface area (Å²) < 4.78 is 0. The maximum absolute atomic E-state index is 11.7. The summed E-state index contributed by atoms with van der Waals surface area (Å²) in [6.45, 7) is 3.01. The van der Waals surface area contributed by atoms with Crippen LogP contribution in [-0.4, -0.2) is 17.4 Å². The van der Waals surface area contributed by atoms with Crippen molar-refractivity contribution in [3.63, 3.8) is 0 Å². The lowest BCUT2D eigenvalue weighted by Gasteiger charge is -2.08.